The van der Waals surface area contributed by atoms with Gasteiger partial charge in [-0.3, -0.25) is 4.79 Å². The van der Waals surface area contributed by atoms with Gasteiger partial charge < -0.3 is 10.2 Å². The SMILES string of the molecule is Cc1c(Cl)cccc1C(=O)N1CCNC[C@H]1C.Cl. The zero-order valence-electron chi connectivity index (χ0n) is 10.6. The van der Waals surface area contributed by atoms with E-state index in [0.717, 1.165) is 25.2 Å². The van der Waals surface area contributed by atoms with Crippen LogP contribution in [-0.2, 0) is 0 Å². The molecule has 1 amide bonds. The molecule has 0 saturated carbocycles. The molecule has 5 heteroatoms. The zero-order valence-corrected chi connectivity index (χ0v) is 12.1. The van der Waals surface area contributed by atoms with Crippen molar-refractivity contribution in [3.05, 3.63) is 34.3 Å². The maximum Gasteiger partial charge on any atom is 0.254 e. The molecule has 1 aromatic rings. The normalized spacial score (nSPS) is 19.3. The lowest BCUT2D eigenvalue weighted by atomic mass is 10.1. The molecule has 0 radical (unpaired) electrons. The van der Waals surface area contributed by atoms with Crippen LogP contribution in [0, 0.1) is 6.92 Å². The number of rotatable bonds is 1. The lowest BCUT2D eigenvalue weighted by Crippen LogP contribution is -2.52. The molecule has 1 aromatic carbocycles. The van der Waals surface area contributed by atoms with Crippen molar-refractivity contribution in [1.82, 2.24) is 10.2 Å². The van der Waals surface area contributed by atoms with E-state index in [-0.39, 0.29) is 24.4 Å². The summed E-state index contributed by atoms with van der Waals surface area (Å²) in [7, 11) is 0. The van der Waals surface area contributed by atoms with E-state index in [2.05, 4.69) is 12.2 Å². The van der Waals surface area contributed by atoms with Crippen LogP contribution in [-0.4, -0.2) is 36.5 Å². The molecule has 18 heavy (non-hydrogen) atoms. The van der Waals surface area contributed by atoms with Crippen LogP contribution in [0.4, 0.5) is 0 Å². The summed E-state index contributed by atoms with van der Waals surface area (Å²) in [5.41, 5.74) is 1.58. The third kappa shape index (κ3) is 2.97. The Bertz CT molecular complexity index is 437. The summed E-state index contributed by atoms with van der Waals surface area (Å²) in [4.78, 5) is 14.3. The Hall–Kier alpha value is -0.770. The summed E-state index contributed by atoms with van der Waals surface area (Å²) in [5.74, 6) is 0.0824. The second-order valence-electron chi connectivity index (χ2n) is 4.46. The largest absolute Gasteiger partial charge is 0.333 e. The average Bonchev–Trinajstić information content (AvgIpc) is 2.32. The van der Waals surface area contributed by atoms with Crippen molar-refractivity contribution in [2.24, 2.45) is 0 Å². The predicted octanol–water partition coefficient (Wildman–Crippen LogP) is 2.50. The van der Waals surface area contributed by atoms with Crippen LogP contribution < -0.4 is 5.32 Å². The van der Waals surface area contributed by atoms with Crippen molar-refractivity contribution in [1.29, 1.82) is 0 Å². The number of nitrogens with one attached hydrogen (secondary N) is 1. The Morgan fingerprint density at radius 3 is 2.89 bits per heavy atom. The summed E-state index contributed by atoms with van der Waals surface area (Å²) >= 11 is 6.05. The maximum atomic E-state index is 12.4. The fourth-order valence-corrected chi connectivity index (χ4v) is 2.31. The van der Waals surface area contributed by atoms with Gasteiger partial charge in [0, 0.05) is 36.3 Å². The van der Waals surface area contributed by atoms with Gasteiger partial charge in [0.15, 0.2) is 0 Å². The molecule has 100 valence electrons. The zero-order chi connectivity index (χ0) is 12.4. The van der Waals surface area contributed by atoms with Crippen molar-refractivity contribution in [2.75, 3.05) is 19.6 Å². The lowest BCUT2D eigenvalue weighted by Gasteiger charge is -2.34. The second-order valence-corrected chi connectivity index (χ2v) is 4.87. The highest BCUT2D eigenvalue weighted by Crippen LogP contribution is 2.21. The first-order chi connectivity index (χ1) is 8.11. The number of carbonyl (C=O) groups is 1. The topological polar surface area (TPSA) is 32.3 Å². The van der Waals surface area contributed by atoms with Crippen molar-refractivity contribution in [3.63, 3.8) is 0 Å². The monoisotopic (exact) mass is 288 g/mol. The Morgan fingerprint density at radius 2 is 2.22 bits per heavy atom. The number of hydrogen-bond acceptors (Lipinski definition) is 2. The molecule has 0 aromatic heterocycles. The standard InChI is InChI=1S/C13H17ClN2O.ClH/c1-9-8-15-6-7-16(9)13(17)11-4-3-5-12(14)10(11)2;/h3-5,9,15H,6-8H2,1-2H3;1H/t9-;/m1./s1. The molecule has 0 aliphatic carbocycles. The molecule has 1 saturated heterocycles. The van der Waals surface area contributed by atoms with E-state index in [9.17, 15) is 4.79 Å². The van der Waals surface area contributed by atoms with Gasteiger partial charge in [0.05, 0.1) is 0 Å². The van der Waals surface area contributed by atoms with E-state index in [1.54, 1.807) is 0 Å². The number of nitrogens with zero attached hydrogens (tertiary/aromatic N) is 1. The molecule has 1 atom stereocenters. The van der Waals surface area contributed by atoms with Crippen LogP contribution in [0.3, 0.4) is 0 Å². The molecule has 1 heterocycles. The number of amides is 1. The fraction of sp³-hybridized carbons (Fsp3) is 0.462. The molecule has 3 nitrogen and oxygen atoms in total. The van der Waals surface area contributed by atoms with Gasteiger partial charge in [-0.05, 0) is 31.5 Å². The van der Waals surface area contributed by atoms with E-state index in [0.29, 0.717) is 10.6 Å². The quantitative estimate of drug-likeness (QED) is 0.861. The number of halogens is 2. The first-order valence-corrected chi connectivity index (χ1v) is 6.26. The molecule has 1 aliphatic heterocycles. The highest BCUT2D eigenvalue weighted by atomic mass is 35.5. The van der Waals surface area contributed by atoms with Crippen LogP contribution in [0.2, 0.25) is 5.02 Å². The van der Waals surface area contributed by atoms with Gasteiger partial charge in [-0.15, -0.1) is 12.4 Å². The predicted molar refractivity (Wildman–Crippen MR) is 76.8 cm³/mol. The van der Waals surface area contributed by atoms with E-state index < -0.39 is 0 Å². The number of carbonyl (C=O) groups excluding carboxylic acids is 1. The minimum Gasteiger partial charge on any atom is -0.333 e. The average molecular weight is 289 g/mol. The summed E-state index contributed by atoms with van der Waals surface area (Å²) < 4.78 is 0. The van der Waals surface area contributed by atoms with Gasteiger partial charge in [-0.2, -0.15) is 0 Å². The van der Waals surface area contributed by atoms with Gasteiger partial charge in [-0.1, -0.05) is 17.7 Å². The van der Waals surface area contributed by atoms with E-state index in [1.165, 1.54) is 0 Å². The Balaban J connectivity index is 0.00000162. The van der Waals surface area contributed by atoms with Crippen molar-refractivity contribution >= 4 is 29.9 Å². The third-order valence-corrected chi connectivity index (χ3v) is 3.67. The minimum absolute atomic E-state index is 0. The highest BCUT2D eigenvalue weighted by Gasteiger charge is 2.25. The first kappa shape index (κ1) is 15.3. The summed E-state index contributed by atoms with van der Waals surface area (Å²) in [6, 6.07) is 5.72. The Morgan fingerprint density at radius 1 is 1.50 bits per heavy atom. The highest BCUT2D eigenvalue weighted by molar-refractivity contribution is 6.31. The van der Waals surface area contributed by atoms with Gasteiger partial charge >= 0.3 is 0 Å². The van der Waals surface area contributed by atoms with Crippen molar-refractivity contribution in [3.8, 4) is 0 Å². The van der Waals surface area contributed by atoms with Crippen LogP contribution in [0.25, 0.3) is 0 Å². The molecule has 0 bridgehead atoms. The summed E-state index contributed by atoms with van der Waals surface area (Å²) in [6.45, 7) is 6.42. The summed E-state index contributed by atoms with van der Waals surface area (Å²) in [5, 5.41) is 3.93. The molecular formula is C13H18Cl2N2O. The maximum absolute atomic E-state index is 12.4. The molecule has 1 N–H and O–H groups in total. The fourth-order valence-electron chi connectivity index (χ4n) is 2.14. The van der Waals surface area contributed by atoms with Gasteiger partial charge in [0.1, 0.15) is 0 Å². The Labute approximate surface area is 119 Å². The smallest absolute Gasteiger partial charge is 0.254 e. The van der Waals surface area contributed by atoms with Gasteiger partial charge in [0.2, 0.25) is 0 Å². The van der Waals surface area contributed by atoms with E-state index in [4.69, 9.17) is 11.6 Å². The number of piperazine rings is 1. The molecule has 1 fully saturated rings. The number of benzene rings is 1. The first-order valence-electron chi connectivity index (χ1n) is 5.88. The lowest BCUT2D eigenvalue weighted by molar-refractivity contribution is 0.0655. The van der Waals surface area contributed by atoms with Crippen molar-refractivity contribution < 1.29 is 4.79 Å². The van der Waals surface area contributed by atoms with E-state index in [1.807, 2.05) is 30.0 Å². The minimum atomic E-state index is 0. The van der Waals surface area contributed by atoms with Crippen molar-refractivity contribution in [2.45, 2.75) is 19.9 Å². The molecule has 2 rings (SSSR count). The van der Waals surface area contributed by atoms with E-state index >= 15 is 0 Å². The molecule has 0 spiro atoms. The third-order valence-electron chi connectivity index (χ3n) is 3.26. The van der Waals surface area contributed by atoms with Crippen LogP contribution in [0.5, 0.6) is 0 Å². The Kier molecular flexibility index (Phi) is 5.45. The number of hydrogen-bond donors (Lipinski definition) is 1. The summed E-state index contributed by atoms with van der Waals surface area (Å²) in [6.07, 6.45) is 0. The van der Waals surface area contributed by atoms with Gasteiger partial charge in [-0.25, -0.2) is 0 Å². The molecular weight excluding hydrogens is 271 g/mol. The molecule has 1 aliphatic rings. The van der Waals surface area contributed by atoms with Gasteiger partial charge in [0.25, 0.3) is 5.91 Å². The van der Waals surface area contributed by atoms with Crippen LogP contribution in [0.1, 0.15) is 22.8 Å². The second kappa shape index (κ2) is 6.41. The van der Waals surface area contributed by atoms with Crippen LogP contribution >= 0.6 is 24.0 Å². The van der Waals surface area contributed by atoms with Crippen LogP contribution in [0.15, 0.2) is 18.2 Å². The molecule has 0 unspecified atom stereocenters.